The average Bonchev–Trinajstić information content (AvgIpc) is 3.06. The van der Waals surface area contributed by atoms with Gasteiger partial charge in [0.05, 0.1) is 18.8 Å². The fourth-order valence-electron chi connectivity index (χ4n) is 2.29. The number of nitrogens with zero attached hydrogens (tertiary/aromatic N) is 2. The molecular weight excluding hydrogens is 346 g/mol. The minimum Gasteiger partial charge on any atom is -0.357 e. The third-order valence-electron chi connectivity index (χ3n) is 3.58. The second-order valence-corrected chi connectivity index (χ2v) is 7.19. The van der Waals surface area contributed by atoms with Gasteiger partial charge in [-0.25, -0.2) is 9.98 Å². The number of aromatic nitrogens is 1. The van der Waals surface area contributed by atoms with Crippen LogP contribution < -0.4 is 16.0 Å². The van der Waals surface area contributed by atoms with Crippen LogP contribution in [0.1, 0.15) is 49.9 Å². The summed E-state index contributed by atoms with van der Waals surface area (Å²) in [5.74, 6) is 1.11. The van der Waals surface area contributed by atoms with Gasteiger partial charge >= 0.3 is 0 Å². The van der Waals surface area contributed by atoms with Crippen molar-refractivity contribution in [3.63, 3.8) is 0 Å². The summed E-state index contributed by atoms with van der Waals surface area (Å²) in [6.07, 6.45) is 0. The zero-order valence-corrected chi connectivity index (χ0v) is 16.6. The van der Waals surface area contributed by atoms with Gasteiger partial charge in [0.25, 0.3) is 0 Å². The van der Waals surface area contributed by atoms with Crippen molar-refractivity contribution in [2.75, 3.05) is 11.9 Å². The molecular formula is C19H27N5OS. The standard InChI is InChI=1S/C19H27N5OS/c1-5-20-19(22-11-18-24-17(12-26-18)13(2)3)21-10-15-7-6-8-16(9-15)23-14(4)25/h6-9,12-13H,5,10-11H2,1-4H3,(H,23,25)(H2,20,21,22). The number of amides is 1. The lowest BCUT2D eigenvalue weighted by molar-refractivity contribution is -0.114. The Morgan fingerprint density at radius 1 is 1.31 bits per heavy atom. The Labute approximate surface area is 159 Å². The topological polar surface area (TPSA) is 78.4 Å². The summed E-state index contributed by atoms with van der Waals surface area (Å²) in [6, 6.07) is 7.71. The lowest BCUT2D eigenvalue weighted by atomic mass is 10.2. The van der Waals surface area contributed by atoms with Crippen LogP contribution >= 0.6 is 11.3 Å². The van der Waals surface area contributed by atoms with Crippen LogP contribution in [-0.4, -0.2) is 23.4 Å². The van der Waals surface area contributed by atoms with Gasteiger partial charge in [0.2, 0.25) is 5.91 Å². The molecule has 140 valence electrons. The summed E-state index contributed by atoms with van der Waals surface area (Å²) >= 11 is 1.66. The van der Waals surface area contributed by atoms with Crippen molar-refractivity contribution in [2.24, 2.45) is 4.99 Å². The summed E-state index contributed by atoms with van der Waals surface area (Å²) < 4.78 is 0. The van der Waals surface area contributed by atoms with Crippen molar-refractivity contribution < 1.29 is 4.79 Å². The van der Waals surface area contributed by atoms with Gasteiger partial charge in [-0.05, 0) is 30.5 Å². The minimum absolute atomic E-state index is 0.0788. The number of hydrogen-bond donors (Lipinski definition) is 3. The first-order chi connectivity index (χ1) is 12.5. The molecule has 0 spiro atoms. The van der Waals surface area contributed by atoms with Crippen molar-refractivity contribution in [2.45, 2.75) is 46.7 Å². The molecule has 1 aromatic heterocycles. The second-order valence-electron chi connectivity index (χ2n) is 6.25. The third-order valence-corrected chi connectivity index (χ3v) is 4.45. The molecule has 0 saturated carbocycles. The van der Waals surface area contributed by atoms with Crippen LogP contribution in [0.3, 0.4) is 0 Å². The first kappa shape index (κ1) is 19.9. The number of aliphatic imine (C=N–C) groups is 1. The van der Waals surface area contributed by atoms with Gasteiger partial charge in [-0.3, -0.25) is 4.79 Å². The maximum atomic E-state index is 11.2. The van der Waals surface area contributed by atoms with E-state index in [1.807, 2.05) is 31.2 Å². The number of nitrogens with one attached hydrogen (secondary N) is 3. The fourth-order valence-corrected chi connectivity index (χ4v) is 3.19. The summed E-state index contributed by atoms with van der Waals surface area (Å²) in [5, 5.41) is 12.5. The Balaban J connectivity index is 1.98. The highest BCUT2D eigenvalue weighted by Crippen LogP contribution is 2.17. The van der Waals surface area contributed by atoms with E-state index < -0.39 is 0 Å². The maximum absolute atomic E-state index is 11.2. The van der Waals surface area contributed by atoms with Crippen LogP contribution in [0.25, 0.3) is 0 Å². The molecule has 2 aromatic rings. The molecule has 0 aliphatic carbocycles. The lowest BCUT2D eigenvalue weighted by Gasteiger charge is -2.10. The molecule has 3 N–H and O–H groups in total. The molecule has 0 saturated heterocycles. The molecule has 0 aliphatic heterocycles. The van der Waals surface area contributed by atoms with Gasteiger partial charge in [0.1, 0.15) is 5.01 Å². The van der Waals surface area contributed by atoms with Crippen molar-refractivity contribution in [1.29, 1.82) is 0 Å². The van der Waals surface area contributed by atoms with E-state index in [9.17, 15) is 4.79 Å². The Morgan fingerprint density at radius 3 is 2.77 bits per heavy atom. The Bertz CT molecular complexity index is 754. The monoisotopic (exact) mass is 373 g/mol. The van der Waals surface area contributed by atoms with Crippen molar-refractivity contribution in [3.8, 4) is 0 Å². The SMILES string of the molecule is CCNC(=NCc1cccc(NC(C)=O)c1)NCc1nc(C(C)C)cs1. The van der Waals surface area contributed by atoms with Gasteiger partial charge in [0.15, 0.2) is 5.96 Å². The maximum Gasteiger partial charge on any atom is 0.221 e. The predicted molar refractivity (Wildman–Crippen MR) is 109 cm³/mol. The highest BCUT2D eigenvalue weighted by molar-refractivity contribution is 7.09. The van der Waals surface area contributed by atoms with Crippen LogP contribution in [-0.2, 0) is 17.9 Å². The van der Waals surface area contributed by atoms with Gasteiger partial charge in [-0.15, -0.1) is 11.3 Å². The van der Waals surface area contributed by atoms with Crippen LogP contribution in [0.2, 0.25) is 0 Å². The van der Waals surface area contributed by atoms with Crippen molar-refractivity contribution in [3.05, 3.63) is 45.9 Å². The average molecular weight is 374 g/mol. The Morgan fingerprint density at radius 2 is 2.12 bits per heavy atom. The van der Waals surface area contributed by atoms with E-state index in [4.69, 9.17) is 0 Å². The number of thiazole rings is 1. The van der Waals surface area contributed by atoms with Crippen molar-refractivity contribution in [1.82, 2.24) is 15.6 Å². The fraction of sp³-hybridized carbons (Fsp3) is 0.421. The van der Waals surface area contributed by atoms with Gasteiger partial charge in [-0.1, -0.05) is 26.0 Å². The van der Waals surface area contributed by atoms with Gasteiger partial charge < -0.3 is 16.0 Å². The third kappa shape index (κ3) is 6.48. The first-order valence-electron chi connectivity index (χ1n) is 8.81. The summed E-state index contributed by atoms with van der Waals surface area (Å²) in [6.45, 7) is 9.79. The number of rotatable bonds is 7. The molecule has 1 heterocycles. The zero-order valence-electron chi connectivity index (χ0n) is 15.8. The van der Waals surface area contributed by atoms with E-state index >= 15 is 0 Å². The smallest absolute Gasteiger partial charge is 0.221 e. The second kappa shape index (κ2) is 9.91. The summed E-state index contributed by atoms with van der Waals surface area (Å²) in [4.78, 5) is 20.4. The summed E-state index contributed by atoms with van der Waals surface area (Å²) in [7, 11) is 0. The normalized spacial score (nSPS) is 11.5. The molecule has 1 aromatic carbocycles. The highest BCUT2D eigenvalue weighted by atomic mass is 32.1. The van der Waals surface area contributed by atoms with E-state index in [0.29, 0.717) is 19.0 Å². The largest absolute Gasteiger partial charge is 0.357 e. The highest BCUT2D eigenvalue weighted by Gasteiger charge is 2.06. The molecule has 0 bridgehead atoms. The molecule has 0 atom stereocenters. The number of carbonyl (C=O) groups is 1. The van der Waals surface area contributed by atoms with Gasteiger partial charge in [-0.2, -0.15) is 0 Å². The quantitative estimate of drug-likeness (QED) is 0.513. The molecule has 7 heteroatoms. The van der Waals surface area contributed by atoms with Gasteiger partial charge in [0, 0.05) is 24.5 Å². The number of anilines is 1. The summed E-state index contributed by atoms with van der Waals surface area (Å²) in [5.41, 5.74) is 2.94. The van der Waals surface area contributed by atoms with Crippen LogP contribution in [0.15, 0.2) is 34.6 Å². The number of hydrogen-bond acceptors (Lipinski definition) is 4. The molecule has 0 aliphatic rings. The minimum atomic E-state index is -0.0788. The molecule has 6 nitrogen and oxygen atoms in total. The van der Waals surface area contributed by atoms with E-state index in [2.05, 4.69) is 45.2 Å². The molecule has 2 rings (SSSR count). The first-order valence-corrected chi connectivity index (χ1v) is 9.69. The lowest BCUT2D eigenvalue weighted by Crippen LogP contribution is -2.36. The number of carbonyl (C=O) groups excluding carboxylic acids is 1. The zero-order chi connectivity index (χ0) is 18.9. The molecule has 0 radical (unpaired) electrons. The Hall–Kier alpha value is -2.41. The number of guanidine groups is 1. The van der Waals surface area contributed by atoms with E-state index in [0.717, 1.165) is 34.5 Å². The predicted octanol–water partition coefficient (Wildman–Crippen LogP) is 3.48. The van der Waals surface area contributed by atoms with E-state index in [-0.39, 0.29) is 5.91 Å². The molecule has 0 fully saturated rings. The van der Waals surface area contributed by atoms with E-state index in [1.54, 1.807) is 11.3 Å². The van der Waals surface area contributed by atoms with E-state index in [1.165, 1.54) is 6.92 Å². The van der Waals surface area contributed by atoms with Crippen molar-refractivity contribution >= 4 is 28.9 Å². The number of benzene rings is 1. The molecule has 0 unspecified atom stereocenters. The van der Waals surface area contributed by atoms with Crippen LogP contribution in [0, 0.1) is 0 Å². The molecule has 1 amide bonds. The molecule has 26 heavy (non-hydrogen) atoms. The Kier molecular flexibility index (Phi) is 7.59. The van der Waals surface area contributed by atoms with Crippen LogP contribution in [0.5, 0.6) is 0 Å². The van der Waals surface area contributed by atoms with Crippen LogP contribution in [0.4, 0.5) is 5.69 Å².